The van der Waals surface area contributed by atoms with Crippen LogP contribution in [0.2, 0.25) is 0 Å². The maximum atomic E-state index is 12.4. The zero-order valence-electron chi connectivity index (χ0n) is 13.6. The van der Waals surface area contributed by atoms with Gasteiger partial charge in [0.15, 0.2) is 0 Å². The van der Waals surface area contributed by atoms with Gasteiger partial charge >= 0.3 is 0 Å². The lowest BCUT2D eigenvalue weighted by molar-refractivity contribution is -0.122. The van der Waals surface area contributed by atoms with Gasteiger partial charge in [-0.1, -0.05) is 19.1 Å². The molecule has 0 radical (unpaired) electrons. The van der Waals surface area contributed by atoms with Crippen LogP contribution in [0, 0.1) is 5.92 Å². The van der Waals surface area contributed by atoms with Gasteiger partial charge < -0.3 is 10.2 Å². The van der Waals surface area contributed by atoms with Crippen LogP contribution in [-0.2, 0) is 17.6 Å². The highest BCUT2D eigenvalue weighted by Crippen LogP contribution is 2.27. The lowest BCUT2D eigenvalue weighted by Gasteiger charge is -2.44. The summed E-state index contributed by atoms with van der Waals surface area (Å²) < 4.78 is 0. The number of nitrogens with one attached hydrogen (secondary N) is 2. The number of rotatable bonds is 4. The highest BCUT2D eigenvalue weighted by atomic mass is 16.1. The first-order valence-electron chi connectivity index (χ1n) is 8.70. The van der Waals surface area contributed by atoms with E-state index in [4.69, 9.17) is 0 Å². The monoisotopic (exact) mass is 312 g/mol. The number of aryl methyl sites for hydroxylation is 1. The summed E-state index contributed by atoms with van der Waals surface area (Å²) in [5.74, 6) is 0.805. The fourth-order valence-corrected chi connectivity index (χ4v) is 4.06. The van der Waals surface area contributed by atoms with E-state index in [0.29, 0.717) is 18.4 Å². The number of hydrogen-bond donors (Lipinski definition) is 2. The second-order valence-electron chi connectivity index (χ2n) is 6.90. The molecule has 2 aromatic rings. The first-order chi connectivity index (χ1) is 11.2. The number of fused-ring (bicyclic) bond motifs is 4. The van der Waals surface area contributed by atoms with Crippen LogP contribution in [0.3, 0.4) is 0 Å². The van der Waals surface area contributed by atoms with Crippen LogP contribution >= 0.6 is 0 Å². The summed E-state index contributed by atoms with van der Waals surface area (Å²) in [6, 6.07) is 6.49. The summed E-state index contributed by atoms with van der Waals surface area (Å²) in [7, 11) is 0. The van der Waals surface area contributed by atoms with Crippen LogP contribution in [0.15, 0.2) is 18.2 Å². The van der Waals surface area contributed by atoms with E-state index in [1.807, 2.05) is 12.1 Å². The maximum Gasteiger partial charge on any atom is 0.224 e. The summed E-state index contributed by atoms with van der Waals surface area (Å²) in [5.41, 5.74) is 3.14. The number of aromatic nitrogens is 2. The van der Waals surface area contributed by atoms with Gasteiger partial charge in [0, 0.05) is 23.7 Å². The predicted molar refractivity (Wildman–Crippen MR) is 90.3 cm³/mol. The fourth-order valence-electron chi connectivity index (χ4n) is 4.06. The van der Waals surface area contributed by atoms with Crippen molar-refractivity contribution in [2.24, 2.45) is 5.92 Å². The van der Waals surface area contributed by atoms with Gasteiger partial charge in [0.05, 0.1) is 11.9 Å². The molecule has 0 aliphatic carbocycles. The highest BCUT2D eigenvalue weighted by molar-refractivity contribution is 5.84. The van der Waals surface area contributed by atoms with Gasteiger partial charge in [-0.2, -0.15) is 5.10 Å². The molecule has 3 aliphatic rings. The first kappa shape index (κ1) is 14.7. The minimum absolute atomic E-state index is 0.134. The molecule has 0 unspecified atom stereocenters. The van der Waals surface area contributed by atoms with E-state index in [9.17, 15) is 4.79 Å². The molecule has 3 aliphatic heterocycles. The normalized spacial score (nSPS) is 26.6. The minimum atomic E-state index is 0.134. The topological polar surface area (TPSA) is 61.0 Å². The average Bonchev–Trinajstić information content (AvgIpc) is 2.98. The van der Waals surface area contributed by atoms with Gasteiger partial charge in [0.2, 0.25) is 5.91 Å². The maximum absolute atomic E-state index is 12.4. The quantitative estimate of drug-likeness (QED) is 0.906. The van der Waals surface area contributed by atoms with Crippen molar-refractivity contribution < 1.29 is 4.79 Å². The first-order valence-corrected chi connectivity index (χ1v) is 8.70. The Hall–Kier alpha value is -1.88. The van der Waals surface area contributed by atoms with E-state index in [2.05, 4.69) is 33.4 Å². The molecular weight excluding hydrogens is 288 g/mol. The van der Waals surface area contributed by atoms with Crippen molar-refractivity contribution in [1.29, 1.82) is 0 Å². The molecule has 3 fully saturated rings. The third-order valence-electron chi connectivity index (χ3n) is 5.42. The molecule has 5 nitrogen and oxygen atoms in total. The van der Waals surface area contributed by atoms with E-state index in [-0.39, 0.29) is 5.91 Å². The molecule has 5 rings (SSSR count). The molecule has 0 spiro atoms. The third kappa shape index (κ3) is 2.85. The Balaban J connectivity index is 1.42. The average molecular weight is 312 g/mol. The van der Waals surface area contributed by atoms with Crippen LogP contribution in [0.1, 0.15) is 31.0 Å². The summed E-state index contributed by atoms with van der Waals surface area (Å²) >= 11 is 0. The molecule has 5 heteroatoms. The molecule has 23 heavy (non-hydrogen) atoms. The van der Waals surface area contributed by atoms with Crippen LogP contribution in [0.4, 0.5) is 0 Å². The van der Waals surface area contributed by atoms with E-state index in [1.54, 1.807) is 0 Å². The molecular formula is C18H24N4O. The minimum Gasteiger partial charge on any atom is -0.352 e. The molecule has 4 heterocycles. The molecule has 1 aromatic carbocycles. The number of amides is 1. The number of piperidine rings is 3. The number of carbonyl (C=O) groups is 1. The number of carbonyl (C=O) groups excluding carboxylic acids is 1. The number of aromatic amines is 1. The second-order valence-corrected chi connectivity index (χ2v) is 6.90. The van der Waals surface area contributed by atoms with Gasteiger partial charge in [-0.05, 0) is 49.9 Å². The highest BCUT2D eigenvalue weighted by Gasteiger charge is 2.34. The Labute approximate surface area is 136 Å². The Morgan fingerprint density at radius 3 is 2.91 bits per heavy atom. The zero-order valence-corrected chi connectivity index (χ0v) is 13.6. The van der Waals surface area contributed by atoms with E-state index >= 15 is 0 Å². The Bertz CT molecular complexity index is 715. The molecule has 122 valence electrons. The Kier molecular flexibility index (Phi) is 3.81. The summed E-state index contributed by atoms with van der Waals surface area (Å²) in [4.78, 5) is 14.9. The number of benzene rings is 1. The number of nitrogens with zero attached hydrogens (tertiary/aromatic N) is 2. The lowest BCUT2D eigenvalue weighted by atomic mass is 9.84. The van der Waals surface area contributed by atoms with Crippen LogP contribution < -0.4 is 5.32 Å². The van der Waals surface area contributed by atoms with E-state index in [0.717, 1.165) is 35.1 Å². The molecule has 3 saturated heterocycles. The van der Waals surface area contributed by atoms with Gasteiger partial charge in [0.25, 0.3) is 0 Å². The van der Waals surface area contributed by atoms with Gasteiger partial charge in [-0.15, -0.1) is 0 Å². The smallest absolute Gasteiger partial charge is 0.224 e. The number of hydrogen-bond acceptors (Lipinski definition) is 3. The van der Waals surface area contributed by atoms with Crippen molar-refractivity contribution in [3.05, 3.63) is 29.5 Å². The van der Waals surface area contributed by atoms with Crippen molar-refractivity contribution in [2.45, 2.75) is 38.6 Å². The zero-order chi connectivity index (χ0) is 15.8. The van der Waals surface area contributed by atoms with Crippen molar-refractivity contribution >= 4 is 16.8 Å². The number of H-pyrrole nitrogens is 1. The standard InChI is InChI=1S/C18H24N4O/c1-2-15-14-4-3-12(9-16(14)21-20-15)10-18(23)19-17-11-22-7-5-13(17)6-8-22/h3-4,9,13,17H,2,5-8,10-11H2,1H3,(H,19,23)(H,20,21)/t17-/m0/s1. The predicted octanol–water partition coefficient (Wildman–Crippen LogP) is 1.88. The Morgan fingerprint density at radius 1 is 1.39 bits per heavy atom. The van der Waals surface area contributed by atoms with Crippen LogP contribution in [0.25, 0.3) is 10.9 Å². The second kappa shape index (κ2) is 5.96. The van der Waals surface area contributed by atoms with Crippen molar-refractivity contribution in [3.63, 3.8) is 0 Å². The molecule has 1 amide bonds. The largest absolute Gasteiger partial charge is 0.352 e. The summed E-state index contributed by atoms with van der Waals surface area (Å²) in [6.07, 6.45) is 3.83. The van der Waals surface area contributed by atoms with Crippen molar-refractivity contribution in [2.75, 3.05) is 19.6 Å². The lowest BCUT2D eigenvalue weighted by Crippen LogP contribution is -2.57. The molecule has 1 aromatic heterocycles. The molecule has 2 N–H and O–H groups in total. The van der Waals surface area contributed by atoms with Crippen molar-refractivity contribution in [1.82, 2.24) is 20.4 Å². The Morgan fingerprint density at radius 2 is 2.22 bits per heavy atom. The third-order valence-corrected chi connectivity index (χ3v) is 5.42. The SMILES string of the molecule is CCc1[nH]nc2cc(CC(=O)N[C@H]3CN4CCC3CC4)ccc12. The van der Waals surface area contributed by atoms with Gasteiger partial charge in [-0.25, -0.2) is 0 Å². The van der Waals surface area contributed by atoms with Crippen molar-refractivity contribution in [3.8, 4) is 0 Å². The van der Waals surface area contributed by atoms with Crippen LogP contribution in [-0.4, -0.2) is 46.7 Å². The van der Waals surface area contributed by atoms with E-state index in [1.165, 1.54) is 25.9 Å². The van der Waals surface area contributed by atoms with Crippen LogP contribution in [0.5, 0.6) is 0 Å². The van der Waals surface area contributed by atoms with Gasteiger partial charge in [-0.3, -0.25) is 9.89 Å². The van der Waals surface area contributed by atoms with Gasteiger partial charge in [0.1, 0.15) is 0 Å². The fraction of sp³-hybridized carbons (Fsp3) is 0.556. The summed E-state index contributed by atoms with van der Waals surface area (Å²) in [6.45, 7) is 5.54. The summed E-state index contributed by atoms with van der Waals surface area (Å²) in [5, 5.41) is 11.8. The molecule has 0 saturated carbocycles. The molecule has 1 atom stereocenters. The molecule has 2 bridgehead atoms. The van der Waals surface area contributed by atoms with E-state index < -0.39 is 0 Å².